The number of amidine groups is 1. The Morgan fingerprint density at radius 1 is 1.31 bits per heavy atom. The van der Waals surface area contributed by atoms with Crippen molar-refractivity contribution in [2.75, 3.05) is 44.8 Å². The van der Waals surface area contributed by atoms with Gasteiger partial charge in [-0.1, -0.05) is 20.3 Å². The van der Waals surface area contributed by atoms with Gasteiger partial charge in [0, 0.05) is 88.0 Å². The van der Waals surface area contributed by atoms with Crippen molar-refractivity contribution < 1.29 is 9.53 Å². The molecule has 4 heterocycles. The fourth-order valence-electron chi connectivity index (χ4n) is 5.55. The van der Waals surface area contributed by atoms with Gasteiger partial charge in [0.2, 0.25) is 5.91 Å². The first kappa shape index (κ1) is 28.4. The number of amides is 1. The molecule has 2 N–H and O–H groups in total. The Kier molecular flexibility index (Phi) is 9.08. The smallest absolute Gasteiger partial charge is 0.219 e. The molecule has 1 unspecified atom stereocenters. The summed E-state index contributed by atoms with van der Waals surface area (Å²) in [7, 11) is 3.73. The van der Waals surface area contributed by atoms with Crippen LogP contribution < -0.4 is 10.2 Å². The van der Waals surface area contributed by atoms with E-state index in [0.29, 0.717) is 43.4 Å². The fraction of sp³-hybridized carbons (Fsp3) is 0.533. The molecule has 0 saturated carbocycles. The predicted molar refractivity (Wildman–Crippen MR) is 154 cm³/mol. The van der Waals surface area contributed by atoms with Gasteiger partial charge in [0.25, 0.3) is 0 Å². The number of fused-ring (bicyclic) bond motifs is 1. The maximum absolute atomic E-state index is 12.0. The maximum atomic E-state index is 12.0. The highest BCUT2D eigenvalue weighted by Crippen LogP contribution is 2.40. The highest BCUT2D eigenvalue weighted by atomic mass is 16.5. The number of benzene rings is 1. The van der Waals surface area contributed by atoms with Crippen LogP contribution in [-0.2, 0) is 16.6 Å². The normalized spacial score (nSPS) is 20.6. The number of nitriles is 1. The molecule has 2 aromatic rings. The second-order valence-electron chi connectivity index (χ2n) is 10.7. The first-order valence-corrected chi connectivity index (χ1v) is 13.9. The van der Waals surface area contributed by atoms with Gasteiger partial charge in [-0.15, -0.1) is 0 Å². The Bertz CT molecular complexity index is 1280. The average molecular weight is 532 g/mol. The molecule has 0 spiro atoms. The minimum absolute atomic E-state index is 0.0194. The van der Waals surface area contributed by atoms with Gasteiger partial charge in [0.05, 0.1) is 24.4 Å². The van der Waals surface area contributed by atoms with E-state index in [1.165, 1.54) is 12.8 Å². The molecule has 3 aliphatic heterocycles. The van der Waals surface area contributed by atoms with Crippen molar-refractivity contribution in [3.05, 3.63) is 46.9 Å². The number of ether oxygens (including phenoxy) is 1. The van der Waals surface area contributed by atoms with E-state index in [1.807, 2.05) is 31.3 Å². The fourth-order valence-corrected chi connectivity index (χ4v) is 5.55. The Morgan fingerprint density at radius 3 is 2.67 bits per heavy atom. The highest BCUT2D eigenvalue weighted by molar-refractivity contribution is 6.09. The van der Waals surface area contributed by atoms with E-state index in [0.717, 1.165) is 59.2 Å². The van der Waals surface area contributed by atoms with E-state index < -0.39 is 0 Å². The van der Waals surface area contributed by atoms with Gasteiger partial charge >= 0.3 is 0 Å². The molecule has 5 rings (SSSR count). The zero-order chi connectivity index (χ0) is 28.1. The molecule has 1 aromatic carbocycles. The SMILES string of the molecule is CCC1CCOC1.CNC1=C(C(=N)N2CC[C@H](C)c3cc(-c4cnn(C)c4)c(C#N)cc32)CN(C(C)=O)CC1. The monoisotopic (exact) mass is 531 g/mol. The van der Waals surface area contributed by atoms with Crippen molar-refractivity contribution in [3.63, 3.8) is 0 Å². The van der Waals surface area contributed by atoms with Gasteiger partial charge in [-0.25, -0.2) is 0 Å². The van der Waals surface area contributed by atoms with Gasteiger partial charge < -0.3 is 19.9 Å². The lowest BCUT2D eigenvalue weighted by atomic mass is 9.86. The van der Waals surface area contributed by atoms with Crippen molar-refractivity contribution in [1.29, 1.82) is 10.7 Å². The van der Waals surface area contributed by atoms with Crippen LogP contribution in [0.5, 0.6) is 0 Å². The number of nitrogens with zero attached hydrogens (tertiary/aromatic N) is 5. The van der Waals surface area contributed by atoms with Crippen LogP contribution in [0.15, 0.2) is 35.8 Å². The number of carbonyl (C=O) groups excluding carboxylic acids is 1. The lowest BCUT2D eigenvalue weighted by molar-refractivity contribution is -0.128. The topological polar surface area (TPSA) is 110 Å². The number of hydrogen-bond acceptors (Lipinski definition) is 6. The van der Waals surface area contributed by atoms with E-state index in [-0.39, 0.29) is 5.91 Å². The summed E-state index contributed by atoms with van der Waals surface area (Å²) in [4.78, 5) is 15.8. The molecule has 1 amide bonds. The van der Waals surface area contributed by atoms with Crippen LogP contribution in [0, 0.1) is 22.7 Å². The summed E-state index contributed by atoms with van der Waals surface area (Å²) in [6.45, 7) is 9.77. The van der Waals surface area contributed by atoms with Crippen molar-refractivity contribution in [2.24, 2.45) is 13.0 Å². The third kappa shape index (κ3) is 6.17. The summed E-state index contributed by atoms with van der Waals surface area (Å²) in [5.74, 6) is 1.60. The molecule has 1 aromatic heterocycles. The lowest BCUT2D eigenvalue weighted by Crippen LogP contribution is -2.44. The summed E-state index contributed by atoms with van der Waals surface area (Å²) in [5.41, 5.74) is 6.22. The van der Waals surface area contributed by atoms with Gasteiger partial charge in [-0.3, -0.25) is 14.9 Å². The Hall–Kier alpha value is -3.64. The molecule has 3 aliphatic rings. The number of nitrogens with one attached hydrogen (secondary N) is 2. The van der Waals surface area contributed by atoms with E-state index in [2.05, 4.69) is 36.4 Å². The summed E-state index contributed by atoms with van der Waals surface area (Å²) < 4.78 is 6.88. The molecule has 208 valence electrons. The van der Waals surface area contributed by atoms with Crippen LogP contribution in [0.4, 0.5) is 5.69 Å². The Labute approximate surface area is 231 Å². The number of carbonyl (C=O) groups is 1. The van der Waals surface area contributed by atoms with Gasteiger partial charge in [0.15, 0.2) is 0 Å². The van der Waals surface area contributed by atoms with Gasteiger partial charge in [-0.2, -0.15) is 10.4 Å². The highest BCUT2D eigenvalue weighted by Gasteiger charge is 2.31. The third-order valence-electron chi connectivity index (χ3n) is 8.16. The van der Waals surface area contributed by atoms with Crippen molar-refractivity contribution in [3.8, 4) is 17.2 Å². The van der Waals surface area contributed by atoms with Gasteiger partial charge in [-0.05, 0) is 42.4 Å². The van der Waals surface area contributed by atoms with E-state index in [4.69, 9.17) is 10.1 Å². The largest absolute Gasteiger partial charge is 0.391 e. The molecule has 0 bridgehead atoms. The van der Waals surface area contributed by atoms with Crippen LogP contribution in [0.3, 0.4) is 0 Å². The molecule has 9 heteroatoms. The summed E-state index contributed by atoms with van der Waals surface area (Å²) in [6, 6.07) is 6.34. The molecule has 39 heavy (non-hydrogen) atoms. The quantitative estimate of drug-likeness (QED) is 0.447. The summed E-state index contributed by atoms with van der Waals surface area (Å²) in [5, 5.41) is 26.5. The second kappa shape index (κ2) is 12.5. The molecule has 9 nitrogen and oxygen atoms in total. The van der Waals surface area contributed by atoms with Crippen molar-refractivity contribution >= 4 is 17.4 Å². The number of rotatable bonds is 4. The van der Waals surface area contributed by atoms with Gasteiger partial charge in [0.1, 0.15) is 5.84 Å². The van der Waals surface area contributed by atoms with Crippen molar-refractivity contribution in [1.82, 2.24) is 20.0 Å². The standard InChI is InChI=1S/C24H29N7O.C6H12O/c1-15-5-8-31(24(26)21-14-30(16(2)32)7-6-22(21)27-3)23-9-17(11-25)20(10-19(15)23)18-12-28-29(4)13-18;1-2-6-3-4-7-5-6/h9-10,12-13,15,26-27H,5-8,14H2,1-4H3;6H,2-5H2,1H3/t15-;/m0./s1. The predicted octanol–water partition coefficient (Wildman–Crippen LogP) is 4.41. The first-order valence-electron chi connectivity index (χ1n) is 13.9. The molecule has 2 atom stereocenters. The minimum Gasteiger partial charge on any atom is -0.391 e. The second-order valence-corrected chi connectivity index (χ2v) is 10.7. The third-order valence-corrected chi connectivity index (χ3v) is 8.16. The van der Waals surface area contributed by atoms with E-state index in [9.17, 15) is 10.1 Å². The van der Waals surface area contributed by atoms with Crippen LogP contribution in [0.25, 0.3) is 11.1 Å². The first-order chi connectivity index (χ1) is 18.8. The molecule has 1 fully saturated rings. The van der Waals surface area contributed by atoms with Crippen LogP contribution in [0.1, 0.15) is 63.5 Å². The number of anilines is 1. The maximum Gasteiger partial charge on any atom is 0.219 e. The van der Waals surface area contributed by atoms with Crippen LogP contribution in [-0.4, -0.2) is 66.3 Å². The zero-order valence-corrected chi connectivity index (χ0v) is 23.9. The number of aromatic nitrogens is 2. The summed E-state index contributed by atoms with van der Waals surface area (Å²) >= 11 is 0. The number of hydrogen-bond donors (Lipinski definition) is 2. The van der Waals surface area contributed by atoms with Crippen molar-refractivity contribution in [2.45, 2.75) is 52.4 Å². The van der Waals surface area contributed by atoms with Crippen LogP contribution >= 0.6 is 0 Å². The summed E-state index contributed by atoms with van der Waals surface area (Å²) in [6.07, 6.45) is 7.88. The van der Waals surface area contributed by atoms with Crippen LogP contribution in [0.2, 0.25) is 0 Å². The molecular formula is C30H41N7O2. The average Bonchev–Trinajstić information content (AvgIpc) is 3.64. The Morgan fingerprint density at radius 2 is 2.10 bits per heavy atom. The minimum atomic E-state index is 0.0194. The number of aryl methyl sites for hydroxylation is 1. The molecule has 0 radical (unpaired) electrons. The molecule has 0 aliphatic carbocycles. The molecule has 1 saturated heterocycles. The lowest BCUT2D eigenvalue weighted by Gasteiger charge is -2.38. The van der Waals surface area contributed by atoms with E-state index in [1.54, 1.807) is 22.7 Å². The van der Waals surface area contributed by atoms with E-state index >= 15 is 0 Å². The zero-order valence-electron chi connectivity index (χ0n) is 23.9. The molecular weight excluding hydrogens is 490 g/mol. The Balaban J connectivity index is 0.000000438.